The molecule has 9 nitrogen and oxygen atoms in total. The highest BCUT2D eigenvalue weighted by Gasteiger charge is 2.21. The Balaban J connectivity index is 1.69. The van der Waals surface area contributed by atoms with Crippen molar-refractivity contribution in [2.45, 2.75) is 19.5 Å². The molecule has 1 amide bonds. The summed E-state index contributed by atoms with van der Waals surface area (Å²) in [5.41, 5.74) is 1.08. The summed E-state index contributed by atoms with van der Waals surface area (Å²) in [4.78, 5) is 27.5. The minimum Gasteiger partial charge on any atom is -0.480 e. The lowest BCUT2D eigenvalue weighted by Gasteiger charge is -2.10. The zero-order valence-electron chi connectivity index (χ0n) is 13.7. The van der Waals surface area contributed by atoms with E-state index in [1.807, 2.05) is 12.1 Å². The molecule has 26 heavy (non-hydrogen) atoms. The van der Waals surface area contributed by atoms with Crippen LogP contribution < -0.4 is 5.32 Å². The van der Waals surface area contributed by atoms with Crippen molar-refractivity contribution in [2.75, 3.05) is 5.32 Å². The van der Waals surface area contributed by atoms with Gasteiger partial charge in [0, 0.05) is 11.2 Å². The van der Waals surface area contributed by atoms with E-state index < -0.39 is 17.9 Å². The number of carboxylic acid groups (broad SMARTS) is 1. The molecule has 2 N–H and O–H groups in total. The van der Waals surface area contributed by atoms with Crippen LogP contribution in [-0.4, -0.2) is 41.5 Å². The molecule has 0 fully saturated rings. The van der Waals surface area contributed by atoms with E-state index in [-0.39, 0.29) is 11.6 Å². The van der Waals surface area contributed by atoms with Crippen molar-refractivity contribution in [3.63, 3.8) is 0 Å². The van der Waals surface area contributed by atoms with E-state index in [0.717, 1.165) is 10.2 Å². The van der Waals surface area contributed by atoms with Crippen molar-refractivity contribution in [1.29, 1.82) is 0 Å². The molecule has 0 aliphatic carbocycles. The predicted molar refractivity (Wildman–Crippen MR) is 93.1 cm³/mol. The van der Waals surface area contributed by atoms with Gasteiger partial charge in [-0.2, -0.15) is 5.10 Å². The van der Waals surface area contributed by atoms with Crippen molar-refractivity contribution < 1.29 is 14.7 Å². The normalized spacial score (nSPS) is 11.9. The standard InChI is InChI=1S/C16H15ClN6O3/c1-10(15(25)26)23-13(6-7-19-23)14(24)20-16-18-9-22(21-16)8-11-2-4-12(17)5-3-11/h2-7,9-10H,8H2,1H3,(H,25,26)(H,20,21,24). The van der Waals surface area contributed by atoms with Crippen LogP contribution in [0.5, 0.6) is 0 Å². The topological polar surface area (TPSA) is 115 Å². The van der Waals surface area contributed by atoms with Gasteiger partial charge in [0.25, 0.3) is 5.91 Å². The minimum atomic E-state index is -1.09. The number of aromatic nitrogens is 5. The molecule has 0 bridgehead atoms. The number of benzene rings is 1. The molecular formula is C16H15ClN6O3. The van der Waals surface area contributed by atoms with Crippen LogP contribution in [-0.2, 0) is 11.3 Å². The molecule has 0 saturated carbocycles. The van der Waals surface area contributed by atoms with E-state index in [0.29, 0.717) is 11.6 Å². The number of anilines is 1. The fourth-order valence-corrected chi connectivity index (χ4v) is 2.40. The first-order chi connectivity index (χ1) is 12.4. The number of carboxylic acids is 1. The van der Waals surface area contributed by atoms with Gasteiger partial charge in [0.1, 0.15) is 18.1 Å². The summed E-state index contributed by atoms with van der Waals surface area (Å²) in [6, 6.07) is 7.76. The highest BCUT2D eigenvalue weighted by atomic mass is 35.5. The first-order valence-electron chi connectivity index (χ1n) is 7.65. The van der Waals surface area contributed by atoms with Crippen LogP contribution in [0.2, 0.25) is 5.02 Å². The molecule has 0 radical (unpaired) electrons. The molecule has 1 atom stereocenters. The van der Waals surface area contributed by atoms with Gasteiger partial charge in [-0.05, 0) is 30.7 Å². The summed E-state index contributed by atoms with van der Waals surface area (Å²) >= 11 is 5.85. The van der Waals surface area contributed by atoms with Crippen molar-refractivity contribution in [2.24, 2.45) is 0 Å². The second kappa shape index (κ2) is 7.36. The van der Waals surface area contributed by atoms with E-state index in [4.69, 9.17) is 16.7 Å². The molecule has 134 valence electrons. The number of nitrogens with one attached hydrogen (secondary N) is 1. The van der Waals surface area contributed by atoms with Gasteiger partial charge in [0.2, 0.25) is 5.95 Å². The molecule has 2 heterocycles. The molecule has 0 saturated heterocycles. The Bertz CT molecular complexity index is 934. The molecule has 3 rings (SSSR count). The smallest absolute Gasteiger partial charge is 0.328 e. The number of aliphatic carboxylic acids is 1. The molecule has 10 heteroatoms. The van der Waals surface area contributed by atoms with E-state index in [1.165, 1.54) is 25.5 Å². The zero-order valence-corrected chi connectivity index (χ0v) is 14.5. The number of halogens is 1. The van der Waals surface area contributed by atoms with Crippen LogP contribution in [0.25, 0.3) is 0 Å². The lowest BCUT2D eigenvalue weighted by molar-refractivity contribution is -0.140. The Kier molecular flexibility index (Phi) is 4.99. The zero-order chi connectivity index (χ0) is 18.7. The van der Waals surface area contributed by atoms with E-state index in [2.05, 4.69) is 20.5 Å². The van der Waals surface area contributed by atoms with E-state index in [1.54, 1.807) is 16.8 Å². The number of hydrogen-bond acceptors (Lipinski definition) is 5. The summed E-state index contributed by atoms with van der Waals surface area (Å²) in [6.45, 7) is 1.90. The highest BCUT2D eigenvalue weighted by molar-refractivity contribution is 6.30. The van der Waals surface area contributed by atoms with Crippen LogP contribution in [0.1, 0.15) is 29.0 Å². The summed E-state index contributed by atoms with van der Waals surface area (Å²) in [7, 11) is 0. The molecule has 1 unspecified atom stereocenters. The van der Waals surface area contributed by atoms with Crippen molar-refractivity contribution in [3.05, 3.63) is 59.1 Å². The van der Waals surface area contributed by atoms with Crippen LogP contribution in [0, 0.1) is 0 Å². The Morgan fingerprint density at radius 1 is 1.27 bits per heavy atom. The van der Waals surface area contributed by atoms with Gasteiger partial charge < -0.3 is 5.11 Å². The van der Waals surface area contributed by atoms with Crippen molar-refractivity contribution in [1.82, 2.24) is 24.5 Å². The fourth-order valence-electron chi connectivity index (χ4n) is 2.28. The summed E-state index contributed by atoms with van der Waals surface area (Å²) < 4.78 is 2.69. The lowest BCUT2D eigenvalue weighted by Crippen LogP contribution is -2.24. The highest BCUT2D eigenvalue weighted by Crippen LogP contribution is 2.12. The second-order valence-corrected chi connectivity index (χ2v) is 5.96. The van der Waals surface area contributed by atoms with Gasteiger partial charge in [-0.15, -0.1) is 5.10 Å². The van der Waals surface area contributed by atoms with Crippen LogP contribution in [0.4, 0.5) is 5.95 Å². The van der Waals surface area contributed by atoms with Crippen LogP contribution >= 0.6 is 11.6 Å². The maximum absolute atomic E-state index is 12.4. The number of carbonyl (C=O) groups excluding carboxylic acids is 1. The lowest BCUT2D eigenvalue weighted by atomic mass is 10.2. The van der Waals surface area contributed by atoms with Gasteiger partial charge in [-0.3, -0.25) is 10.1 Å². The summed E-state index contributed by atoms with van der Waals surface area (Å²) in [6.07, 6.45) is 2.85. The third-order valence-corrected chi connectivity index (χ3v) is 3.90. The number of carbonyl (C=O) groups is 2. The molecule has 2 aromatic heterocycles. The Hall–Kier alpha value is -3.20. The maximum atomic E-state index is 12.4. The van der Waals surface area contributed by atoms with Crippen LogP contribution in [0.3, 0.4) is 0 Å². The van der Waals surface area contributed by atoms with Crippen molar-refractivity contribution >= 4 is 29.4 Å². The number of rotatable bonds is 6. The van der Waals surface area contributed by atoms with E-state index in [9.17, 15) is 9.59 Å². The second-order valence-electron chi connectivity index (χ2n) is 5.52. The first kappa shape index (κ1) is 17.6. The van der Waals surface area contributed by atoms with Gasteiger partial charge in [0.05, 0.1) is 6.54 Å². The third-order valence-electron chi connectivity index (χ3n) is 3.65. The van der Waals surface area contributed by atoms with Gasteiger partial charge in [-0.25, -0.2) is 19.1 Å². The van der Waals surface area contributed by atoms with Gasteiger partial charge in [-0.1, -0.05) is 23.7 Å². The first-order valence-corrected chi connectivity index (χ1v) is 8.03. The van der Waals surface area contributed by atoms with Gasteiger partial charge in [0.15, 0.2) is 0 Å². The quantitative estimate of drug-likeness (QED) is 0.682. The fraction of sp³-hybridized carbons (Fsp3) is 0.188. The van der Waals surface area contributed by atoms with Crippen LogP contribution in [0.15, 0.2) is 42.9 Å². The summed E-state index contributed by atoms with van der Waals surface area (Å²) in [5.74, 6) is -1.52. The Labute approximate surface area is 153 Å². The molecule has 0 spiro atoms. The maximum Gasteiger partial charge on any atom is 0.328 e. The monoisotopic (exact) mass is 374 g/mol. The SMILES string of the molecule is CC(C(=O)O)n1nccc1C(=O)Nc1ncn(Cc2ccc(Cl)cc2)n1. The number of amides is 1. The molecule has 0 aliphatic rings. The average Bonchev–Trinajstić information content (AvgIpc) is 3.25. The summed E-state index contributed by atoms with van der Waals surface area (Å²) in [5, 5.41) is 20.3. The molecular weight excluding hydrogens is 360 g/mol. The molecule has 3 aromatic rings. The third kappa shape index (κ3) is 3.89. The van der Waals surface area contributed by atoms with Crippen molar-refractivity contribution in [3.8, 4) is 0 Å². The minimum absolute atomic E-state index is 0.106. The average molecular weight is 375 g/mol. The number of hydrogen-bond donors (Lipinski definition) is 2. The molecule has 1 aromatic carbocycles. The van der Waals surface area contributed by atoms with E-state index >= 15 is 0 Å². The number of nitrogens with zero attached hydrogens (tertiary/aromatic N) is 5. The predicted octanol–water partition coefficient (Wildman–Crippen LogP) is 2.07. The Morgan fingerprint density at radius 2 is 2.00 bits per heavy atom. The Morgan fingerprint density at radius 3 is 2.69 bits per heavy atom. The molecule has 0 aliphatic heterocycles. The van der Waals surface area contributed by atoms with Gasteiger partial charge >= 0.3 is 5.97 Å². The largest absolute Gasteiger partial charge is 0.480 e.